The van der Waals surface area contributed by atoms with E-state index in [1.807, 2.05) is 0 Å². The Kier molecular flexibility index (Phi) is 6.17. The molecule has 0 aliphatic carbocycles. The molecular formula is C15H25N. The normalized spacial score (nSPS) is 13.0. The van der Waals surface area contributed by atoms with Crippen LogP contribution >= 0.6 is 0 Å². The summed E-state index contributed by atoms with van der Waals surface area (Å²) < 4.78 is 0. The van der Waals surface area contributed by atoms with E-state index in [1.54, 1.807) is 0 Å². The first kappa shape index (κ1) is 13.2. The molecule has 0 radical (unpaired) electrons. The monoisotopic (exact) mass is 219 g/mol. The highest BCUT2D eigenvalue weighted by atomic mass is 14.5. The van der Waals surface area contributed by atoms with Crippen LogP contribution in [0.2, 0.25) is 0 Å². The maximum atomic E-state index is 5.80. The Morgan fingerprint density at radius 1 is 1.12 bits per heavy atom. The van der Waals surface area contributed by atoms with E-state index in [0.717, 1.165) is 12.5 Å². The second kappa shape index (κ2) is 7.45. The molecule has 0 saturated heterocycles. The van der Waals surface area contributed by atoms with Crippen LogP contribution in [-0.2, 0) is 6.42 Å². The van der Waals surface area contributed by atoms with Gasteiger partial charge in [0.05, 0.1) is 0 Å². The molecule has 1 unspecified atom stereocenters. The molecular weight excluding hydrogens is 194 g/mol. The quantitative estimate of drug-likeness (QED) is 0.744. The third-order valence-electron chi connectivity index (χ3n) is 3.06. The summed E-state index contributed by atoms with van der Waals surface area (Å²) in [6.07, 6.45) is 4.99. The molecule has 16 heavy (non-hydrogen) atoms. The third kappa shape index (κ3) is 5.32. The second-order valence-electron chi connectivity index (χ2n) is 5.11. The number of hydrogen-bond donors (Lipinski definition) is 1. The summed E-state index contributed by atoms with van der Waals surface area (Å²) in [5.41, 5.74) is 7.25. The minimum Gasteiger partial charge on any atom is -0.330 e. The van der Waals surface area contributed by atoms with Crippen LogP contribution in [0.1, 0.15) is 38.7 Å². The van der Waals surface area contributed by atoms with Crippen LogP contribution in [0.3, 0.4) is 0 Å². The molecule has 0 amide bonds. The molecule has 0 aromatic heterocycles. The lowest BCUT2D eigenvalue weighted by Gasteiger charge is -2.16. The largest absolute Gasteiger partial charge is 0.330 e. The molecule has 1 rings (SSSR count). The minimum atomic E-state index is 0.712. The van der Waals surface area contributed by atoms with E-state index in [4.69, 9.17) is 5.73 Å². The zero-order valence-electron chi connectivity index (χ0n) is 10.7. The van der Waals surface area contributed by atoms with Crippen molar-refractivity contribution in [3.05, 3.63) is 35.9 Å². The van der Waals surface area contributed by atoms with E-state index < -0.39 is 0 Å². The van der Waals surface area contributed by atoms with Gasteiger partial charge in [0, 0.05) is 0 Å². The van der Waals surface area contributed by atoms with E-state index in [1.165, 1.54) is 31.2 Å². The summed E-state index contributed by atoms with van der Waals surface area (Å²) in [6.45, 7) is 5.40. The van der Waals surface area contributed by atoms with Gasteiger partial charge in [-0.25, -0.2) is 0 Å². The lowest BCUT2D eigenvalue weighted by molar-refractivity contribution is 0.385. The van der Waals surface area contributed by atoms with E-state index in [-0.39, 0.29) is 0 Å². The van der Waals surface area contributed by atoms with Crippen molar-refractivity contribution in [2.75, 3.05) is 6.54 Å². The van der Waals surface area contributed by atoms with E-state index in [0.29, 0.717) is 5.92 Å². The van der Waals surface area contributed by atoms with Crippen LogP contribution in [0.15, 0.2) is 30.3 Å². The SMILES string of the molecule is CC(C)CC(CN)CCCc1ccccc1. The first-order chi connectivity index (χ1) is 7.72. The standard InChI is InChI=1S/C15H25N/c1-13(2)11-15(12-16)10-6-9-14-7-4-3-5-8-14/h3-5,7-8,13,15H,6,9-12,16H2,1-2H3. The van der Waals surface area contributed by atoms with E-state index in [9.17, 15) is 0 Å². The van der Waals surface area contributed by atoms with Crippen molar-refractivity contribution in [3.8, 4) is 0 Å². The molecule has 1 aromatic rings. The molecule has 1 atom stereocenters. The third-order valence-corrected chi connectivity index (χ3v) is 3.06. The fraction of sp³-hybridized carbons (Fsp3) is 0.600. The molecule has 0 aliphatic heterocycles. The lowest BCUT2D eigenvalue weighted by atomic mass is 9.91. The lowest BCUT2D eigenvalue weighted by Crippen LogP contribution is -2.16. The van der Waals surface area contributed by atoms with Gasteiger partial charge in [-0.2, -0.15) is 0 Å². The van der Waals surface area contributed by atoms with E-state index in [2.05, 4.69) is 44.2 Å². The van der Waals surface area contributed by atoms with Crippen molar-refractivity contribution in [2.45, 2.75) is 39.5 Å². The van der Waals surface area contributed by atoms with Crippen molar-refractivity contribution >= 4 is 0 Å². The first-order valence-electron chi connectivity index (χ1n) is 6.46. The predicted octanol–water partition coefficient (Wildman–Crippen LogP) is 3.63. The van der Waals surface area contributed by atoms with Gasteiger partial charge in [0.2, 0.25) is 0 Å². The van der Waals surface area contributed by atoms with Gasteiger partial charge in [-0.15, -0.1) is 0 Å². The molecule has 1 nitrogen and oxygen atoms in total. The Morgan fingerprint density at radius 2 is 1.81 bits per heavy atom. The van der Waals surface area contributed by atoms with Gasteiger partial charge in [0.1, 0.15) is 0 Å². The number of nitrogens with two attached hydrogens (primary N) is 1. The Bertz CT molecular complexity index is 266. The van der Waals surface area contributed by atoms with Gasteiger partial charge in [0.15, 0.2) is 0 Å². The summed E-state index contributed by atoms with van der Waals surface area (Å²) in [6, 6.07) is 10.7. The Labute approximate surface area is 100 Å². The summed E-state index contributed by atoms with van der Waals surface area (Å²) in [4.78, 5) is 0. The van der Waals surface area contributed by atoms with Crippen molar-refractivity contribution in [1.82, 2.24) is 0 Å². The zero-order chi connectivity index (χ0) is 11.8. The van der Waals surface area contributed by atoms with Gasteiger partial charge in [0.25, 0.3) is 0 Å². The maximum absolute atomic E-state index is 5.80. The fourth-order valence-corrected chi connectivity index (χ4v) is 2.24. The molecule has 2 N–H and O–H groups in total. The van der Waals surface area contributed by atoms with Crippen LogP contribution in [-0.4, -0.2) is 6.54 Å². The van der Waals surface area contributed by atoms with Gasteiger partial charge in [-0.1, -0.05) is 44.2 Å². The molecule has 0 heterocycles. The number of aryl methyl sites for hydroxylation is 1. The predicted molar refractivity (Wildman–Crippen MR) is 71.4 cm³/mol. The zero-order valence-corrected chi connectivity index (χ0v) is 10.7. The molecule has 1 aromatic carbocycles. The molecule has 0 saturated carbocycles. The molecule has 0 bridgehead atoms. The number of hydrogen-bond acceptors (Lipinski definition) is 1. The minimum absolute atomic E-state index is 0.712. The van der Waals surface area contributed by atoms with Gasteiger partial charge in [-0.3, -0.25) is 0 Å². The average Bonchev–Trinajstić information content (AvgIpc) is 2.28. The Morgan fingerprint density at radius 3 is 2.38 bits per heavy atom. The van der Waals surface area contributed by atoms with Crippen molar-refractivity contribution in [3.63, 3.8) is 0 Å². The summed E-state index contributed by atoms with van der Waals surface area (Å²) in [7, 11) is 0. The smallest absolute Gasteiger partial charge is 0.00488 e. The van der Waals surface area contributed by atoms with Crippen molar-refractivity contribution in [1.29, 1.82) is 0 Å². The highest BCUT2D eigenvalue weighted by Crippen LogP contribution is 2.17. The molecule has 1 heteroatoms. The summed E-state index contributed by atoms with van der Waals surface area (Å²) in [5, 5.41) is 0. The summed E-state index contributed by atoms with van der Waals surface area (Å²) in [5.74, 6) is 1.48. The van der Waals surface area contributed by atoms with Crippen LogP contribution < -0.4 is 5.73 Å². The van der Waals surface area contributed by atoms with Gasteiger partial charge >= 0.3 is 0 Å². The van der Waals surface area contributed by atoms with Crippen LogP contribution in [0.4, 0.5) is 0 Å². The second-order valence-corrected chi connectivity index (χ2v) is 5.11. The topological polar surface area (TPSA) is 26.0 Å². The highest BCUT2D eigenvalue weighted by Gasteiger charge is 2.08. The molecule has 0 fully saturated rings. The fourth-order valence-electron chi connectivity index (χ4n) is 2.24. The average molecular weight is 219 g/mol. The van der Waals surface area contributed by atoms with Crippen LogP contribution in [0, 0.1) is 11.8 Å². The number of benzene rings is 1. The molecule has 0 spiro atoms. The Hall–Kier alpha value is -0.820. The Balaban J connectivity index is 2.23. The van der Waals surface area contributed by atoms with Crippen LogP contribution in [0.25, 0.3) is 0 Å². The van der Waals surface area contributed by atoms with Crippen molar-refractivity contribution in [2.24, 2.45) is 17.6 Å². The maximum Gasteiger partial charge on any atom is -0.00488 e. The van der Waals surface area contributed by atoms with Crippen LogP contribution in [0.5, 0.6) is 0 Å². The van der Waals surface area contributed by atoms with Gasteiger partial charge < -0.3 is 5.73 Å². The van der Waals surface area contributed by atoms with Crippen molar-refractivity contribution < 1.29 is 0 Å². The highest BCUT2D eigenvalue weighted by molar-refractivity contribution is 5.14. The first-order valence-corrected chi connectivity index (χ1v) is 6.46. The van der Waals surface area contributed by atoms with Gasteiger partial charge in [-0.05, 0) is 49.6 Å². The molecule has 90 valence electrons. The van der Waals surface area contributed by atoms with E-state index >= 15 is 0 Å². The summed E-state index contributed by atoms with van der Waals surface area (Å²) >= 11 is 0. The number of rotatable bonds is 7. The molecule has 0 aliphatic rings.